The molecule has 0 atom stereocenters. The first-order valence-corrected chi connectivity index (χ1v) is 7.52. The van der Waals surface area contributed by atoms with Crippen LogP contribution in [-0.4, -0.2) is 15.9 Å². The van der Waals surface area contributed by atoms with Crippen LogP contribution in [0.4, 0.5) is 10.1 Å². The maximum Gasteiger partial charge on any atom is 0.261 e. The van der Waals surface area contributed by atoms with Crippen LogP contribution in [0.25, 0.3) is 0 Å². The van der Waals surface area contributed by atoms with Gasteiger partial charge < -0.3 is 4.90 Å². The predicted octanol–water partition coefficient (Wildman–Crippen LogP) is 3.52. The fraction of sp³-hybridized carbons (Fsp3) is 0.0625. The van der Waals surface area contributed by atoms with Crippen molar-refractivity contribution in [2.75, 3.05) is 4.90 Å². The zero-order chi connectivity index (χ0) is 15.4. The van der Waals surface area contributed by atoms with Crippen molar-refractivity contribution in [3.8, 4) is 0 Å². The van der Waals surface area contributed by atoms with Crippen LogP contribution < -0.4 is 4.90 Å². The van der Waals surface area contributed by atoms with Crippen molar-refractivity contribution in [3.63, 3.8) is 0 Å². The van der Waals surface area contributed by atoms with E-state index in [9.17, 15) is 9.18 Å². The van der Waals surface area contributed by atoms with Gasteiger partial charge in [-0.2, -0.15) is 11.3 Å². The van der Waals surface area contributed by atoms with Gasteiger partial charge in [0.15, 0.2) is 5.82 Å². The van der Waals surface area contributed by atoms with Gasteiger partial charge in [0.2, 0.25) is 0 Å². The number of anilines is 1. The Labute approximate surface area is 130 Å². The van der Waals surface area contributed by atoms with Gasteiger partial charge in [-0.3, -0.25) is 14.8 Å². The molecule has 1 amide bonds. The van der Waals surface area contributed by atoms with E-state index in [1.165, 1.54) is 17.2 Å². The van der Waals surface area contributed by atoms with Crippen LogP contribution in [-0.2, 0) is 6.54 Å². The van der Waals surface area contributed by atoms with Gasteiger partial charge in [0, 0.05) is 12.4 Å². The van der Waals surface area contributed by atoms with E-state index in [2.05, 4.69) is 9.97 Å². The molecule has 3 aromatic heterocycles. The Morgan fingerprint density at radius 1 is 1.18 bits per heavy atom. The first kappa shape index (κ1) is 14.3. The summed E-state index contributed by atoms with van der Waals surface area (Å²) in [5.74, 6) is -1.05. The quantitative estimate of drug-likeness (QED) is 0.740. The van der Waals surface area contributed by atoms with Gasteiger partial charge in [-0.05, 0) is 40.6 Å². The molecule has 0 aliphatic carbocycles. The predicted molar refractivity (Wildman–Crippen MR) is 83.3 cm³/mol. The maximum atomic E-state index is 13.9. The minimum absolute atomic E-state index is 0.00548. The van der Waals surface area contributed by atoms with Crippen LogP contribution in [0.1, 0.15) is 15.9 Å². The molecule has 0 unspecified atom stereocenters. The third kappa shape index (κ3) is 3.01. The van der Waals surface area contributed by atoms with Crippen molar-refractivity contribution in [3.05, 3.63) is 76.8 Å². The molecule has 0 radical (unpaired) electrons. The fourth-order valence-electron chi connectivity index (χ4n) is 2.05. The normalized spacial score (nSPS) is 10.4. The summed E-state index contributed by atoms with van der Waals surface area (Å²) in [7, 11) is 0. The average Bonchev–Trinajstić information content (AvgIpc) is 3.06. The molecule has 3 heterocycles. The van der Waals surface area contributed by atoms with Crippen molar-refractivity contribution < 1.29 is 9.18 Å². The molecule has 0 saturated heterocycles. The third-order valence-corrected chi connectivity index (χ3v) is 3.86. The Morgan fingerprint density at radius 3 is 2.73 bits per heavy atom. The van der Waals surface area contributed by atoms with Crippen LogP contribution in [0, 0.1) is 5.82 Å². The average molecular weight is 313 g/mol. The van der Waals surface area contributed by atoms with Gasteiger partial charge in [0.1, 0.15) is 0 Å². The summed E-state index contributed by atoms with van der Waals surface area (Å²) in [5.41, 5.74) is 1.60. The molecule has 0 fully saturated rings. The van der Waals surface area contributed by atoms with Gasteiger partial charge in [0.05, 0.1) is 30.2 Å². The van der Waals surface area contributed by atoms with Crippen LogP contribution in [0.2, 0.25) is 0 Å². The number of hydrogen-bond donors (Lipinski definition) is 0. The van der Waals surface area contributed by atoms with Crippen molar-refractivity contribution in [2.24, 2.45) is 0 Å². The molecular weight excluding hydrogens is 301 g/mol. The number of hydrogen-bond acceptors (Lipinski definition) is 4. The number of pyridine rings is 2. The van der Waals surface area contributed by atoms with Crippen molar-refractivity contribution in [1.82, 2.24) is 9.97 Å². The first-order chi connectivity index (χ1) is 10.8. The second kappa shape index (κ2) is 6.44. The van der Waals surface area contributed by atoms with Crippen LogP contribution in [0.3, 0.4) is 0 Å². The summed E-state index contributed by atoms with van der Waals surface area (Å²) >= 11 is 1.55. The Kier molecular flexibility index (Phi) is 4.20. The van der Waals surface area contributed by atoms with E-state index < -0.39 is 11.7 Å². The molecule has 3 rings (SSSR count). The van der Waals surface area contributed by atoms with E-state index in [0.29, 0.717) is 12.2 Å². The Hall–Kier alpha value is -2.60. The number of nitrogens with zero attached hydrogens (tertiary/aromatic N) is 3. The van der Waals surface area contributed by atoms with Crippen LogP contribution >= 0.6 is 11.3 Å². The molecule has 3 aromatic rings. The molecule has 0 aliphatic rings. The number of thiophene rings is 1. The molecule has 6 heteroatoms. The van der Waals surface area contributed by atoms with Crippen molar-refractivity contribution >= 4 is 22.9 Å². The lowest BCUT2D eigenvalue weighted by Gasteiger charge is -2.22. The second-order valence-corrected chi connectivity index (χ2v) is 5.37. The smallest absolute Gasteiger partial charge is 0.261 e. The van der Waals surface area contributed by atoms with E-state index >= 15 is 0 Å². The zero-order valence-electron chi connectivity index (χ0n) is 11.5. The summed E-state index contributed by atoms with van der Waals surface area (Å²) in [5, 5.41) is 3.90. The lowest BCUT2D eigenvalue weighted by molar-refractivity contribution is 0.0981. The van der Waals surface area contributed by atoms with Crippen molar-refractivity contribution in [2.45, 2.75) is 6.54 Å². The minimum atomic E-state index is -0.633. The van der Waals surface area contributed by atoms with Gasteiger partial charge in [-0.1, -0.05) is 0 Å². The van der Waals surface area contributed by atoms with Gasteiger partial charge >= 0.3 is 0 Å². The molecule has 0 spiro atoms. The van der Waals surface area contributed by atoms with E-state index in [1.54, 1.807) is 35.9 Å². The highest BCUT2D eigenvalue weighted by Crippen LogP contribution is 2.21. The highest BCUT2D eigenvalue weighted by Gasteiger charge is 2.21. The molecule has 4 nitrogen and oxygen atoms in total. The Bertz CT molecular complexity index is 762. The molecule has 0 N–H and O–H groups in total. The largest absolute Gasteiger partial charge is 0.302 e. The molecule has 22 heavy (non-hydrogen) atoms. The molecule has 0 aromatic carbocycles. The SMILES string of the molecule is O=C(c1ccncc1F)N(Cc1ccsc1)c1cccnc1. The first-order valence-electron chi connectivity index (χ1n) is 6.58. The number of amides is 1. The topological polar surface area (TPSA) is 46.1 Å². The van der Waals surface area contributed by atoms with E-state index in [0.717, 1.165) is 11.8 Å². The Balaban J connectivity index is 1.98. The number of rotatable bonds is 4. The summed E-state index contributed by atoms with van der Waals surface area (Å²) in [6.45, 7) is 0.357. The number of carbonyl (C=O) groups excluding carboxylic acids is 1. The second-order valence-electron chi connectivity index (χ2n) is 4.59. The molecule has 110 valence electrons. The summed E-state index contributed by atoms with van der Waals surface area (Å²) < 4.78 is 13.9. The maximum absolute atomic E-state index is 13.9. The molecule has 0 bridgehead atoms. The zero-order valence-corrected chi connectivity index (χ0v) is 12.3. The van der Waals surface area contributed by atoms with Crippen molar-refractivity contribution in [1.29, 1.82) is 0 Å². The standard InChI is InChI=1S/C16H12FN3OS/c17-15-9-19-6-3-14(15)16(21)20(10-12-4-7-22-11-12)13-2-1-5-18-8-13/h1-9,11H,10H2. The number of aromatic nitrogens is 2. The number of carbonyl (C=O) groups is 1. The molecular formula is C16H12FN3OS. The van der Waals surface area contributed by atoms with Crippen LogP contribution in [0.15, 0.2) is 59.8 Å². The summed E-state index contributed by atoms with van der Waals surface area (Å²) in [6.07, 6.45) is 5.66. The monoisotopic (exact) mass is 313 g/mol. The Morgan fingerprint density at radius 2 is 2.05 bits per heavy atom. The van der Waals surface area contributed by atoms with Gasteiger partial charge in [0.25, 0.3) is 5.91 Å². The highest BCUT2D eigenvalue weighted by molar-refractivity contribution is 7.07. The fourth-order valence-corrected chi connectivity index (χ4v) is 2.71. The van der Waals surface area contributed by atoms with Gasteiger partial charge in [-0.15, -0.1) is 0 Å². The third-order valence-electron chi connectivity index (χ3n) is 3.13. The highest BCUT2D eigenvalue weighted by atomic mass is 32.1. The summed E-state index contributed by atoms with van der Waals surface area (Å²) in [4.78, 5) is 21.9. The minimum Gasteiger partial charge on any atom is -0.302 e. The summed E-state index contributed by atoms with van der Waals surface area (Å²) in [6, 6.07) is 6.83. The van der Waals surface area contributed by atoms with Crippen LogP contribution in [0.5, 0.6) is 0 Å². The number of halogens is 1. The molecule has 0 saturated carbocycles. The van der Waals surface area contributed by atoms with E-state index in [-0.39, 0.29) is 5.56 Å². The molecule has 0 aliphatic heterocycles. The van der Waals surface area contributed by atoms with E-state index in [4.69, 9.17) is 0 Å². The lowest BCUT2D eigenvalue weighted by Crippen LogP contribution is -2.31. The van der Waals surface area contributed by atoms with Gasteiger partial charge in [-0.25, -0.2) is 4.39 Å². The lowest BCUT2D eigenvalue weighted by atomic mass is 10.2. The van der Waals surface area contributed by atoms with E-state index in [1.807, 2.05) is 16.8 Å².